The van der Waals surface area contributed by atoms with Crippen LogP contribution in [0.15, 0.2) is 42.6 Å². The van der Waals surface area contributed by atoms with Crippen LogP contribution < -0.4 is 10.2 Å². The standard InChI is InChI=1S/C18H17N5O2/c1-11-6-7-19-15(8-11)20-18(25)12-9-16(24)23(10-12)17-13-4-2-3-5-14(13)21-22-17/h2-8,12H,9-10H2,1H3,(H,21,22)(H,19,20,25). The third-order valence-electron chi connectivity index (χ3n) is 4.37. The highest BCUT2D eigenvalue weighted by Crippen LogP contribution is 2.30. The lowest BCUT2D eigenvalue weighted by atomic mass is 10.1. The summed E-state index contributed by atoms with van der Waals surface area (Å²) in [5.41, 5.74) is 1.87. The van der Waals surface area contributed by atoms with E-state index in [1.807, 2.05) is 37.3 Å². The molecule has 0 saturated carbocycles. The number of H-pyrrole nitrogens is 1. The van der Waals surface area contributed by atoms with Gasteiger partial charge in [0, 0.05) is 24.5 Å². The zero-order valence-corrected chi connectivity index (χ0v) is 13.7. The van der Waals surface area contributed by atoms with Crippen LogP contribution in [0.2, 0.25) is 0 Å². The highest BCUT2D eigenvalue weighted by atomic mass is 16.2. The van der Waals surface area contributed by atoms with E-state index in [1.165, 1.54) is 0 Å². The van der Waals surface area contributed by atoms with Crippen molar-refractivity contribution in [3.8, 4) is 0 Å². The molecule has 1 fully saturated rings. The summed E-state index contributed by atoms with van der Waals surface area (Å²) < 4.78 is 0. The van der Waals surface area contributed by atoms with Gasteiger partial charge in [0.05, 0.1) is 11.4 Å². The highest BCUT2D eigenvalue weighted by Gasteiger charge is 2.37. The first-order chi connectivity index (χ1) is 12.1. The van der Waals surface area contributed by atoms with E-state index in [0.29, 0.717) is 18.2 Å². The van der Waals surface area contributed by atoms with Gasteiger partial charge in [-0.05, 0) is 36.8 Å². The Balaban J connectivity index is 1.53. The molecule has 0 spiro atoms. The number of rotatable bonds is 3. The number of hydrogen-bond acceptors (Lipinski definition) is 4. The summed E-state index contributed by atoms with van der Waals surface area (Å²) in [6.45, 7) is 2.24. The molecule has 1 aliphatic heterocycles. The first-order valence-electron chi connectivity index (χ1n) is 8.09. The summed E-state index contributed by atoms with van der Waals surface area (Å²) in [6.07, 6.45) is 1.81. The van der Waals surface area contributed by atoms with Crippen molar-refractivity contribution in [2.45, 2.75) is 13.3 Å². The minimum Gasteiger partial charge on any atom is -0.310 e. The molecule has 1 aliphatic rings. The highest BCUT2D eigenvalue weighted by molar-refractivity contribution is 6.06. The number of para-hydroxylation sites is 1. The molecule has 1 aromatic carbocycles. The van der Waals surface area contributed by atoms with Gasteiger partial charge in [0.15, 0.2) is 5.82 Å². The number of carbonyl (C=O) groups is 2. The Kier molecular flexibility index (Phi) is 3.68. The lowest BCUT2D eigenvalue weighted by molar-refractivity contribution is -0.122. The van der Waals surface area contributed by atoms with Crippen LogP contribution in [0.5, 0.6) is 0 Å². The average molecular weight is 335 g/mol. The molecule has 7 heteroatoms. The van der Waals surface area contributed by atoms with Gasteiger partial charge in [0.2, 0.25) is 11.8 Å². The summed E-state index contributed by atoms with van der Waals surface area (Å²) in [6, 6.07) is 11.3. The van der Waals surface area contributed by atoms with Crippen molar-refractivity contribution in [1.29, 1.82) is 0 Å². The van der Waals surface area contributed by atoms with Gasteiger partial charge in [0.25, 0.3) is 0 Å². The van der Waals surface area contributed by atoms with Crippen LogP contribution >= 0.6 is 0 Å². The van der Waals surface area contributed by atoms with Gasteiger partial charge in [-0.25, -0.2) is 4.98 Å². The molecule has 3 heterocycles. The number of benzene rings is 1. The van der Waals surface area contributed by atoms with E-state index in [9.17, 15) is 9.59 Å². The van der Waals surface area contributed by atoms with Gasteiger partial charge in [-0.2, -0.15) is 5.10 Å². The Morgan fingerprint density at radius 1 is 1.32 bits per heavy atom. The van der Waals surface area contributed by atoms with Crippen molar-refractivity contribution in [2.24, 2.45) is 5.92 Å². The van der Waals surface area contributed by atoms with E-state index in [4.69, 9.17) is 0 Å². The number of nitrogens with one attached hydrogen (secondary N) is 2. The molecule has 2 aromatic heterocycles. The molecule has 2 N–H and O–H groups in total. The first kappa shape index (κ1) is 15.3. The molecule has 7 nitrogen and oxygen atoms in total. The van der Waals surface area contributed by atoms with Crippen molar-refractivity contribution in [3.63, 3.8) is 0 Å². The van der Waals surface area contributed by atoms with E-state index < -0.39 is 5.92 Å². The van der Waals surface area contributed by atoms with Crippen LogP contribution in [-0.4, -0.2) is 33.5 Å². The maximum absolute atomic E-state index is 12.5. The van der Waals surface area contributed by atoms with Gasteiger partial charge in [-0.3, -0.25) is 19.6 Å². The van der Waals surface area contributed by atoms with E-state index in [-0.39, 0.29) is 18.2 Å². The van der Waals surface area contributed by atoms with Gasteiger partial charge in [-0.1, -0.05) is 12.1 Å². The monoisotopic (exact) mass is 335 g/mol. The molecular formula is C18H17N5O2. The third-order valence-corrected chi connectivity index (χ3v) is 4.37. The van der Waals surface area contributed by atoms with Crippen LogP contribution in [0.4, 0.5) is 11.6 Å². The van der Waals surface area contributed by atoms with E-state index in [2.05, 4.69) is 20.5 Å². The number of carbonyl (C=O) groups excluding carboxylic acids is 2. The van der Waals surface area contributed by atoms with Gasteiger partial charge in [-0.15, -0.1) is 0 Å². The quantitative estimate of drug-likeness (QED) is 0.768. The Hall–Kier alpha value is -3.22. The molecule has 126 valence electrons. The van der Waals surface area contributed by atoms with Gasteiger partial charge < -0.3 is 5.32 Å². The Bertz CT molecular complexity index is 965. The zero-order valence-electron chi connectivity index (χ0n) is 13.7. The lowest BCUT2D eigenvalue weighted by Gasteiger charge is -2.14. The van der Waals surface area contributed by atoms with Crippen molar-refractivity contribution in [1.82, 2.24) is 15.2 Å². The predicted octanol–water partition coefficient (Wildman–Crippen LogP) is 2.26. The number of aryl methyl sites for hydroxylation is 1. The topological polar surface area (TPSA) is 91.0 Å². The molecule has 25 heavy (non-hydrogen) atoms. The SMILES string of the molecule is Cc1ccnc(NC(=O)C2CC(=O)N(c3n[nH]c4ccccc34)C2)c1. The summed E-state index contributed by atoms with van der Waals surface area (Å²) in [4.78, 5) is 30.6. The van der Waals surface area contributed by atoms with Crippen LogP contribution in [0.25, 0.3) is 10.9 Å². The molecule has 1 saturated heterocycles. The minimum atomic E-state index is -0.426. The molecule has 3 aromatic rings. The molecule has 0 aliphatic carbocycles. The number of nitrogens with zero attached hydrogens (tertiary/aromatic N) is 3. The van der Waals surface area contributed by atoms with Crippen molar-refractivity contribution in [3.05, 3.63) is 48.2 Å². The first-order valence-corrected chi connectivity index (χ1v) is 8.09. The summed E-state index contributed by atoms with van der Waals surface area (Å²) >= 11 is 0. The van der Waals surface area contributed by atoms with Crippen molar-refractivity contribution < 1.29 is 9.59 Å². The smallest absolute Gasteiger partial charge is 0.230 e. The summed E-state index contributed by atoms with van der Waals surface area (Å²) in [5, 5.41) is 10.8. The number of pyridine rings is 1. The number of aromatic amines is 1. The molecule has 4 rings (SSSR count). The molecule has 0 bridgehead atoms. The zero-order chi connectivity index (χ0) is 17.4. The number of anilines is 2. The summed E-state index contributed by atoms with van der Waals surface area (Å²) in [5.74, 6) is 0.347. The number of amides is 2. The van der Waals surface area contributed by atoms with Crippen LogP contribution in [0.3, 0.4) is 0 Å². The number of fused-ring (bicyclic) bond motifs is 1. The van der Waals surface area contributed by atoms with E-state index in [1.54, 1.807) is 17.2 Å². The molecule has 1 unspecified atom stereocenters. The van der Waals surface area contributed by atoms with Crippen LogP contribution in [0, 0.1) is 12.8 Å². The molecule has 1 atom stereocenters. The van der Waals surface area contributed by atoms with Crippen molar-refractivity contribution in [2.75, 3.05) is 16.8 Å². The third kappa shape index (κ3) is 2.84. The minimum absolute atomic E-state index is 0.102. The Labute approximate surface area is 144 Å². The van der Waals surface area contributed by atoms with E-state index in [0.717, 1.165) is 16.5 Å². The maximum Gasteiger partial charge on any atom is 0.230 e. The predicted molar refractivity (Wildman–Crippen MR) is 94.2 cm³/mol. The normalized spacial score (nSPS) is 17.2. The second-order valence-electron chi connectivity index (χ2n) is 6.21. The largest absolute Gasteiger partial charge is 0.310 e. The Morgan fingerprint density at radius 2 is 2.16 bits per heavy atom. The molecule has 0 radical (unpaired) electrons. The second kappa shape index (κ2) is 6.01. The van der Waals surface area contributed by atoms with Crippen molar-refractivity contribution >= 4 is 34.4 Å². The molecular weight excluding hydrogens is 318 g/mol. The fourth-order valence-corrected chi connectivity index (χ4v) is 3.08. The van der Waals surface area contributed by atoms with E-state index >= 15 is 0 Å². The maximum atomic E-state index is 12.5. The number of hydrogen-bond donors (Lipinski definition) is 2. The summed E-state index contributed by atoms with van der Waals surface area (Å²) in [7, 11) is 0. The van der Waals surface area contributed by atoms with Crippen LogP contribution in [0.1, 0.15) is 12.0 Å². The average Bonchev–Trinajstić information content (AvgIpc) is 3.18. The van der Waals surface area contributed by atoms with Gasteiger partial charge >= 0.3 is 0 Å². The fourth-order valence-electron chi connectivity index (χ4n) is 3.08. The van der Waals surface area contributed by atoms with Gasteiger partial charge in [0.1, 0.15) is 5.82 Å². The number of aromatic nitrogens is 3. The van der Waals surface area contributed by atoms with Crippen LogP contribution in [-0.2, 0) is 9.59 Å². The fraction of sp³-hybridized carbons (Fsp3) is 0.222. The lowest BCUT2D eigenvalue weighted by Crippen LogP contribution is -2.28. The Morgan fingerprint density at radius 3 is 3.00 bits per heavy atom. The second-order valence-corrected chi connectivity index (χ2v) is 6.21. The molecule has 2 amide bonds.